The molecule has 7 heteroatoms. The van der Waals surface area contributed by atoms with Crippen molar-refractivity contribution in [3.8, 4) is 0 Å². The molecule has 3 N–H and O–H groups in total. The smallest absolute Gasteiger partial charge is 0.321 e. The fraction of sp³-hybridized carbons (Fsp3) is 0.318. The van der Waals surface area contributed by atoms with Gasteiger partial charge in [0.1, 0.15) is 0 Å². The standard InChI is InChI=1S/C22H24N4O3/c27-20-14-18(17-8-4-5-9-19(17)25-20)21(28)23-16-10-12-26(13-11-16)22(29)24-15-6-2-1-3-7-15/h1-9,16,18H,10-14H2,(H,23,28)(H,24,29)(H,25,27). The van der Waals surface area contributed by atoms with Gasteiger partial charge in [-0.3, -0.25) is 9.59 Å². The fourth-order valence-corrected chi connectivity index (χ4v) is 3.90. The zero-order chi connectivity index (χ0) is 20.2. The molecule has 4 amide bonds. The van der Waals surface area contributed by atoms with E-state index < -0.39 is 5.92 Å². The van der Waals surface area contributed by atoms with Crippen LogP contribution in [-0.4, -0.2) is 41.9 Å². The molecule has 2 aliphatic heterocycles. The first-order valence-electron chi connectivity index (χ1n) is 9.90. The van der Waals surface area contributed by atoms with Crippen LogP contribution in [0.2, 0.25) is 0 Å². The van der Waals surface area contributed by atoms with Gasteiger partial charge >= 0.3 is 6.03 Å². The summed E-state index contributed by atoms with van der Waals surface area (Å²) in [5, 5.41) is 8.79. The average molecular weight is 392 g/mol. The van der Waals surface area contributed by atoms with E-state index in [1.165, 1.54) is 0 Å². The minimum Gasteiger partial charge on any atom is -0.353 e. The lowest BCUT2D eigenvalue weighted by Crippen LogP contribution is -2.49. The van der Waals surface area contributed by atoms with Crippen LogP contribution in [0.3, 0.4) is 0 Å². The molecule has 0 aliphatic carbocycles. The minimum absolute atomic E-state index is 0.000394. The first kappa shape index (κ1) is 19.0. The Labute approximate surface area is 169 Å². The summed E-state index contributed by atoms with van der Waals surface area (Å²) in [6, 6.07) is 16.6. The summed E-state index contributed by atoms with van der Waals surface area (Å²) in [5.41, 5.74) is 2.32. The van der Waals surface area contributed by atoms with E-state index in [0.29, 0.717) is 31.6 Å². The van der Waals surface area contributed by atoms with E-state index in [4.69, 9.17) is 0 Å². The van der Waals surface area contributed by atoms with Gasteiger partial charge in [0.15, 0.2) is 0 Å². The lowest BCUT2D eigenvalue weighted by Gasteiger charge is -2.33. The lowest BCUT2D eigenvalue weighted by molar-refractivity contribution is -0.127. The van der Waals surface area contributed by atoms with Crippen molar-refractivity contribution in [2.45, 2.75) is 31.2 Å². The van der Waals surface area contributed by atoms with E-state index in [9.17, 15) is 14.4 Å². The first-order valence-corrected chi connectivity index (χ1v) is 9.90. The Bertz CT molecular complexity index is 907. The third-order valence-electron chi connectivity index (χ3n) is 5.47. The number of urea groups is 1. The molecule has 0 saturated carbocycles. The van der Waals surface area contributed by atoms with Gasteiger partial charge in [0.05, 0.1) is 5.92 Å². The van der Waals surface area contributed by atoms with Crippen LogP contribution in [0.5, 0.6) is 0 Å². The van der Waals surface area contributed by atoms with Crippen molar-refractivity contribution < 1.29 is 14.4 Å². The van der Waals surface area contributed by atoms with Crippen molar-refractivity contribution in [1.82, 2.24) is 10.2 Å². The number of nitrogens with one attached hydrogen (secondary N) is 3. The van der Waals surface area contributed by atoms with Crippen molar-refractivity contribution in [3.63, 3.8) is 0 Å². The molecule has 7 nitrogen and oxygen atoms in total. The highest BCUT2D eigenvalue weighted by molar-refractivity contribution is 6.01. The molecule has 4 rings (SSSR count). The summed E-state index contributed by atoms with van der Waals surface area (Å²) < 4.78 is 0. The quantitative estimate of drug-likeness (QED) is 0.750. The molecule has 2 aromatic rings. The van der Waals surface area contributed by atoms with Crippen molar-refractivity contribution in [3.05, 3.63) is 60.2 Å². The molecule has 0 aromatic heterocycles. The number of amides is 4. The zero-order valence-electron chi connectivity index (χ0n) is 16.1. The van der Waals surface area contributed by atoms with Gasteiger partial charge in [-0.05, 0) is 36.6 Å². The number of carbonyl (C=O) groups is 3. The average Bonchev–Trinajstić information content (AvgIpc) is 2.74. The van der Waals surface area contributed by atoms with Crippen LogP contribution in [0.25, 0.3) is 0 Å². The Hall–Kier alpha value is -3.35. The molecule has 29 heavy (non-hydrogen) atoms. The van der Waals surface area contributed by atoms with E-state index in [1.807, 2.05) is 54.6 Å². The van der Waals surface area contributed by atoms with Gasteiger partial charge in [-0.2, -0.15) is 0 Å². The first-order chi connectivity index (χ1) is 14.1. The normalized spacial score (nSPS) is 19.1. The van der Waals surface area contributed by atoms with Gasteiger partial charge in [0.2, 0.25) is 11.8 Å². The number of piperidine rings is 1. The molecule has 1 saturated heterocycles. The predicted molar refractivity (Wildman–Crippen MR) is 111 cm³/mol. The van der Waals surface area contributed by atoms with Crippen LogP contribution < -0.4 is 16.0 Å². The Balaban J connectivity index is 1.31. The number of fused-ring (bicyclic) bond motifs is 1. The molecule has 1 unspecified atom stereocenters. The van der Waals surface area contributed by atoms with Crippen molar-refractivity contribution in [2.75, 3.05) is 23.7 Å². The van der Waals surface area contributed by atoms with Crippen molar-refractivity contribution in [1.29, 1.82) is 0 Å². The highest BCUT2D eigenvalue weighted by Crippen LogP contribution is 2.32. The molecule has 1 fully saturated rings. The van der Waals surface area contributed by atoms with Crippen molar-refractivity contribution in [2.24, 2.45) is 0 Å². The number of hydrogen-bond acceptors (Lipinski definition) is 3. The summed E-state index contributed by atoms with van der Waals surface area (Å²) in [6.45, 7) is 1.15. The predicted octanol–water partition coefficient (Wildman–Crippen LogP) is 2.93. The van der Waals surface area contributed by atoms with Crippen LogP contribution in [0.1, 0.15) is 30.7 Å². The third kappa shape index (κ3) is 4.39. The van der Waals surface area contributed by atoms with Gasteiger partial charge in [-0.15, -0.1) is 0 Å². The maximum atomic E-state index is 12.8. The molecule has 0 bridgehead atoms. The second-order valence-electron chi connectivity index (χ2n) is 7.46. The van der Waals surface area contributed by atoms with Crippen LogP contribution >= 0.6 is 0 Å². The minimum atomic E-state index is -0.473. The number of rotatable bonds is 3. The molecule has 2 heterocycles. The third-order valence-corrected chi connectivity index (χ3v) is 5.47. The van der Waals surface area contributed by atoms with Crippen LogP contribution in [0.4, 0.5) is 16.2 Å². The van der Waals surface area contributed by atoms with E-state index in [2.05, 4.69) is 16.0 Å². The molecule has 0 spiro atoms. The van der Waals surface area contributed by atoms with Gasteiger partial charge in [0.25, 0.3) is 0 Å². The number of hydrogen-bond donors (Lipinski definition) is 3. The molecule has 150 valence electrons. The molecule has 1 atom stereocenters. The van der Waals surface area contributed by atoms with Crippen LogP contribution in [0.15, 0.2) is 54.6 Å². The SMILES string of the molecule is O=C1CC(C(=O)NC2CCN(C(=O)Nc3ccccc3)CC2)c2ccccc2N1. The Morgan fingerprint density at radius 2 is 1.66 bits per heavy atom. The number of likely N-dealkylation sites (tertiary alicyclic amines) is 1. The monoisotopic (exact) mass is 392 g/mol. The molecule has 0 radical (unpaired) electrons. The molecular weight excluding hydrogens is 368 g/mol. The number of carbonyl (C=O) groups excluding carboxylic acids is 3. The van der Waals surface area contributed by atoms with Gasteiger partial charge in [0, 0.05) is 36.9 Å². The fourth-order valence-electron chi connectivity index (χ4n) is 3.90. The Morgan fingerprint density at radius 1 is 0.966 bits per heavy atom. The van der Waals surface area contributed by atoms with E-state index >= 15 is 0 Å². The highest BCUT2D eigenvalue weighted by atomic mass is 16.2. The van der Waals surface area contributed by atoms with E-state index in [-0.39, 0.29) is 30.3 Å². The lowest BCUT2D eigenvalue weighted by atomic mass is 9.89. The Kier molecular flexibility index (Phi) is 5.46. The second kappa shape index (κ2) is 8.34. The summed E-state index contributed by atoms with van der Waals surface area (Å²) in [4.78, 5) is 39.0. The Morgan fingerprint density at radius 3 is 2.41 bits per heavy atom. The largest absolute Gasteiger partial charge is 0.353 e. The van der Waals surface area contributed by atoms with Crippen LogP contribution in [-0.2, 0) is 9.59 Å². The van der Waals surface area contributed by atoms with Crippen LogP contribution in [0, 0.1) is 0 Å². The van der Waals surface area contributed by atoms with Gasteiger partial charge in [-0.25, -0.2) is 4.79 Å². The topological polar surface area (TPSA) is 90.5 Å². The van der Waals surface area contributed by atoms with Gasteiger partial charge in [-0.1, -0.05) is 36.4 Å². The number of benzene rings is 2. The van der Waals surface area contributed by atoms with E-state index in [1.54, 1.807) is 4.90 Å². The number of anilines is 2. The molecular formula is C22H24N4O3. The summed E-state index contributed by atoms with van der Waals surface area (Å²) in [7, 11) is 0. The maximum absolute atomic E-state index is 12.8. The van der Waals surface area contributed by atoms with Crippen molar-refractivity contribution >= 4 is 29.2 Å². The summed E-state index contributed by atoms with van der Waals surface area (Å²) in [5.74, 6) is -0.741. The maximum Gasteiger partial charge on any atom is 0.321 e. The van der Waals surface area contributed by atoms with Gasteiger partial charge < -0.3 is 20.9 Å². The number of nitrogens with zero attached hydrogens (tertiary/aromatic N) is 1. The summed E-state index contributed by atoms with van der Waals surface area (Å²) in [6.07, 6.45) is 1.53. The zero-order valence-corrected chi connectivity index (χ0v) is 16.1. The highest BCUT2D eigenvalue weighted by Gasteiger charge is 2.32. The summed E-state index contributed by atoms with van der Waals surface area (Å²) >= 11 is 0. The molecule has 2 aliphatic rings. The van der Waals surface area contributed by atoms with E-state index in [0.717, 1.165) is 11.3 Å². The molecule has 2 aromatic carbocycles. The second-order valence-corrected chi connectivity index (χ2v) is 7.46. The number of para-hydroxylation sites is 2.